The lowest BCUT2D eigenvalue weighted by Gasteiger charge is -2.12. The third-order valence-electron chi connectivity index (χ3n) is 2.77. The van der Waals surface area contributed by atoms with E-state index in [1.165, 1.54) is 0 Å². The summed E-state index contributed by atoms with van der Waals surface area (Å²) in [6, 6.07) is 5.15. The highest BCUT2D eigenvalue weighted by Gasteiger charge is 2.19. The van der Waals surface area contributed by atoms with E-state index in [1.54, 1.807) is 18.2 Å². The Bertz CT molecular complexity index is 428. The van der Waals surface area contributed by atoms with Gasteiger partial charge in [-0.3, -0.25) is 4.79 Å². The second-order valence-electron chi connectivity index (χ2n) is 4.26. The van der Waals surface area contributed by atoms with Gasteiger partial charge in [-0.1, -0.05) is 0 Å². The molecule has 98 valence electrons. The Morgan fingerprint density at radius 3 is 3.06 bits per heavy atom. The smallest absolute Gasteiger partial charge is 0.251 e. The lowest BCUT2D eigenvalue weighted by Crippen LogP contribution is -2.35. The van der Waals surface area contributed by atoms with Crippen molar-refractivity contribution in [3.05, 3.63) is 23.8 Å². The largest absolute Gasteiger partial charge is 0.494 e. The van der Waals surface area contributed by atoms with E-state index in [2.05, 4.69) is 5.32 Å². The lowest BCUT2D eigenvalue weighted by molar-refractivity contribution is 0.0929. The zero-order chi connectivity index (χ0) is 13.0. The Hall–Kier alpha value is -1.75. The van der Waals surface area contributed by atoms with Gasteiger partial charge in [-0.05, 0) is 25.5 Å². The van der Waals surface area contributed by atoms with Crippen molar-refractivity contribution in [2.75, 3.05) is 25.6 Å². The molecule has 0 saturated carbocycles. The summed E-state index contributed by atoms with van der Waals surface area (Å²) in [5.74, 6) is 0.476. The minimum atomic E-state index is -0.140. The van der Waals surface area contributed by atoms with Crippen molar-refractivity contribution in [3.8, 4) is 5.75 Å². The van der Waals surface area contributed by atoms with Crippen molar-refractivity contribution >= 4 is 11.6 Å². The monoisotopic (exact) mass is 250 g/mol. The molecule has 1 saturated heterocycles. The number of carbonyl (C=O) groups is 1. The molecule has 1 aliphatic rings. The molecule has 1 aromatic carbocycles. The quantitative estimate of drug-likeness (QED) is 0.787. The molecule has 1 amide bonds. The minimum absolute atomic E-state index is 0.0921. The van der Waals surface area contributed by atoms with Crippen molar-refractivity contribution in [1.29, 1.82) is 0 Å². The number of amides is 1. The van der Waals surface area contributed by atoms with Crippen LogP contribution in [0.4, 0.5) is 5.69 Å². The van der Waals surface area contributed by atoms with Crippen LogP contribution >= 0.6 is 0 Å². The maximum Gasteiger partial charge on any atom is 0.251 e. The molecule has 0 bridgehead atoms. The fraction of sp³-hybridized carbons (Fsp3) is 0.462. The van der Waals surface area contributed by atoms with Gasteiger partial charge in [-0.2, -0.15) is 0 Å². The molecule has 0 aliphatic carbocycles. The van der Waals surface area contributed by atoms with Crippen LogP contribution < -0.4 is 15.8 Å². The Morgan fingerprint density at radius 2 is 2.39 bits per heavy atom. The molecule has 0 spiro atoms. The molecule has 1 heterocycles. The number of carbonyl (C=O) groups excluding carboxylic acids is 1. The number of nitrogens with one attached hydrogen (secondary N) is 1. The van der Waals surface area contributed by atoms with Gasteiger partial charge >= 0.3 is 0 Å². The fourth-order valence-corrected chi connectivity index (χ4v) is 1.92. The summed E-state index contributed by atoms with van der Waals surface area (Å²) in [4.78, 5) is 12.0. The van der Waals surface area contributed by atoms with Crippen molar-refractivity contribution in [2.45, 2.75) is 19.4 Å². The van der Waals surface area contributed by atoms with Crippen LogP contribution in [0.3, 0.4) is 0 Å². The highest BCUT2D eigenvalue weighted by atomic mass is 16.5. The van der Waals surface area contributed by atoms with E-state index in [0.717, 1.165) is 6.42 Å². The van der Waals surface area contributed by atoms with Gasteiger partial charge in [0.2, 0.25) is 0 Å². The third kappa shape index (κ3) is 3.13. The Balaban J connectivity index is 2.08. The number of hydrogen-bond acceptors (Lipinski definition) is 4. The van der Waals surface area contributed by atoms with Crippen molar-refractivity contribution < 1.29 is 14.3 Å². The Labute approximate surface area is 106 Å². The van der Waals surface area contributed by atoms with Crippen molar-refractivity contribution in [3.63, 3.8) is 0 Å². The van der Waals surface area contributed by atoms with E-state index in [9.17, 15) is 4.79 Å². The van der Waals surface area contributed by atoms with E-state index >= 15 is 0 Å². The van der Waals surface area contributed by atoms with E-state index in [0.29, 0.717) is 36.8 Å². The molecular weight excluding hydrogens is 232 g/mol. The van der Waals surface area contributed by atoms with Crippen LogP contribution in [0.1, 0.15) is 23.7 Å². The number of nitrogens with two attached hydrogens (primary N) is 1. The molecule has 1 unspecified atom stereocenters. The standard InChI is InChI=1S/C13H18N2O3/c1-2-18-12-6-9(5-10(14)7-12)13(16)15-11-3-4-17-8-11/h5-7,11H,2-4,8,14H2,1H3,(H,15,16). The van der Waals surface area contributed by atoms with Gasteiger partial charge in [-0.25, -0.2) is 0 Å². The summed E-state index contributed by atoms with van der Waals surface area (Å²) in [5.41, 5.74) is 6.79. The molecule has 2 rings (SSSR count). The summed E-state index contributed by atoms with van der Waals surface area (Å²) in [7, 11) is 0. The number of anilines is 1. The first-order valence-corrected chi connectivity index (χ1v) is 6.11. The van der Waals surface area contributed by atoms with Crippen LogP contribution in [0.5, 0.6) is 5.75 Å². The first-order chi connectivity index (χ1) is 8.69. The van der Waals surface area contributed by atoms with Gasteiger partial charge in [0.05, 0.1) is 19.3 Å². The van der Waals surface area contributed by atoms with E-state index in [1.807, 2.05) is 6.92 Å². The number of benzene rings is 1. The van der Waals surface area contributed by atoms with Crippen LogP contribution in [0, 0.1) is 0 Å². The zero-order valence-corrected chi connectivity index (χ0v) is 10.4. The van der Waals surface area contributed by atoms with Gasteiger partial charge in [0, 0.05) is 23.9 Å². The molecule has 3 N–H and O–H groups in total. The van der Waals surface area contributed by atoms with Gasteiger partial charge in [0.15, 0.2) is 0 Å². The molecule has 0 aromatic heterocycles. The second kappa shape index (κ2) is 5.73. The number of rotatable bonds is 4. The first-order valence-electron chi connectivity index (χ1n) is 6.11. The summed E-state index contributed by atoms with van der Waals surface area (Å²) in [6.45, 7) is 3.71. The molecule has 1 atom stereocenters. The number of ether oxygens (including phenoxy) is 2. The van der Waals surface area contributed by atoms with Crippen LogP contribution in [0.25, 0.3) is 0 Å². The average molecular weight is 250 g/mol. The van der Waals surface area contributed by atoms with Gasteiger partial charge in [0.25, 0.3) is 5.91 Å². The topological polar surface area (TPSA) is 73.6 Å². The molecule has 1 aliphatic heterocycles. The van der Waals surface area contributed by atoms with Crippen molar-refractivity contribution in [1.82, 2.24) is 5.32 Å². The summed E-state index contributed by atoms with van der Waals surface area (Å²) in [6.07, 6.45) is 0.854. The molecule has 0 radical (unpaired) electrons. The first kappa shape index (κ1) is 12.7. The van der Waals surface area contributed by atoms with Gasteiger partial charge in [0.1, 0.15) is 5.75 Å². The van der Waals surface area contributed by atoms with Gasteiger partial charge in [-0.15, -0.1) is 0 Å². The minimum Gasteiger partial charge on any atom is -0.494 e. The molecular formula is C13H18N2O3. The third-order valence-corrected chi connectivity index (χ3v) is 2.77. The highest BCUT2D eigenvalue weighted by molar-refractivity contribution is 5.95. The summed E-state index contributed by atoms with van der Waals surface area (Å²) >= 11 is 0. The molecule has 1 aromatic rings. The molecule has 18 heavy (non-hydrogen) atoms. The zero-order valence-electron chi connectivity index (χ0n) is 10.4. The maximum atomic E-state index is 12.0. The number of nitrogen functional groups attached to an aromatic ring is 1. The summed E-state index contributed by atoms with van der Waals surface area (Å²) in [5, 5.41) is 2.92. The van der Waals surface area contributed by atoms with E-state index in [-0.39, 0.29) is 11.9 Å². The van der Waals surface area contributed by atoms with Crippen LogP contribution in [0.2, 0.25) is 0 Å². The highest BCUT2D eigenvalue weighted by Crippen LogP contribution is 2.19. The maximum absolute atomic E-state index is 12.0. The van der Waals surface area contributed by atoms with Crippen molar-refractivity contribution in [2.24, 2.45) is 0 Å². The van der Waals surface area contributed by atoms with Crippen LogP contribution in [-0.2, 0) is 4.74 Å². The molecule has 5 heteroatoms. The summed E-state index contributed by atoms with van der Waals surface area (Å²) < 4.78 is 10.6. The predicted octanol–water partition coefficient (Wildman–Crippen LogP) is 1.19. The van der Waals surface area contributed by atoms with Gasteiger partial charge < -0.3 is 20.5 Å². The second-order valence-corrected chi connectivity index (χ2v) is 4.26. The Kier molecular flexibility index (Phi) is 4.04. The lowest BCUT2D eigenvalue weighted by atomic mass is 10.1. The predicted molar refractivity (Wildman–Crippen MR) is 68.7 cm³/mol. The number of hydrogen-bond donors (Lipinski definition) is 2. The SMILES string of the molecule is CCOc1cc(N)cc(C(=O)NC2CCOC2)c1. The average Bonchev–Trinajstić information content (AvgIpc) is 2.81. The van der Waals surface area contributed by atoms with Crippen LogP contribution in [-0.4, -0.2) is 31.8 Å². The molecule has 5 nitrogen and oxygen atoms in total. The normalized spacial score (nSPS) is 18.6. The van der Waals surface area contributed by atoms with E-state index < -0.39 is 0 Å². The van der Waals surface area contributed by atoms with Crippen LogP contribution in [0.15, 0.2) is 18.2 Å². The fourth-order valence-electron chi connectivity index (χ4n) is 1.92. The molecule has 1 fully saturated rings. The van der Waals surface area contributed by atoms with E-state index in [4.69, 9.17) is 15.2 Å². The Morgan fingerprint density at radius 1 is 1.56 bits per heavy atom.